The van der Waals surface area contributed by atoms with E-state index in [1.807, 2.05) is 0 Å². The average molecular weight is 296 g/mol. The number of carbonyl (C=O) groups excluding carboxylic acids is 1. The number of benzene rings is 1. The van der Waals surface area contributed by atoms with E-state index in [4.69, 9.17) is 5.73 Å². The fourth-order valence-corrected chi connectivity index (χ4v) is 2.38. The molecule has 0 aliphatic carbocycles. The second-order valence-corrected chi connectivity index (χ2v) is 4.94. The number of thioether (sulfide) groups is 1. The fourth-order valence-electron chi connectivity index (χ4n) is 1.52. The highest BCUT2D eigenvalue weighted by Gasteiger charge is 2.13. The summed E-state index contributed by atoms with van der Waals surface area (Å²) in [6.07, 6.45) is 0. The Kier molecular flexibility index (Phi) is 4.23. The van der Waals surface area contributed by atoms with Gasteiger partial charge in [0.25, 0.3) is 0 Å². The molecule has 0 atom stereocenters. The summed E-state index contributed by atoms with van der Waals surface area (Å²) in [5.41, 5.74) is 6.21. The highest BCUT2D eigenvalue weighted by Crippen LogP contribution is 2.22. The molecule has 106 valence electrons. The zero-order valence-electron chi connectivity index (χ0n) is 11.0. The van der Waals surface area contributed by atoms with Gasteiger partial charge in [-0.15, -0.1) is 10.2 Å². The third kappa shape index (κ3) is 2.90. The molecule has 2 N–H and O–H groups in total. The number of anilines is 1. The molecule has 0 fully saturated rings. The zero-order valence-corrected chi connectivity index (χ0v) is 11.8. The molecule has 0 unspecified atom stereocenters. The SMILES string of the molecule is COC(=O)c1ccc(CSc2nnc(N)n2C)cc1F. The van der Waals surface area contributed by atoms with Gasteiger partial charge >= 0.3 is 5.97 Å². The van der Waals surface area contributed by atoms with Crippen LogP contribution in [0.15, 0.2) is 23.4 Å². The predicted octanol–water partition coefficient (Wildman–Crippen LogP) is 1.62. The van der Waals surface area contributed by atoms with Crippen molar-refractivity contribution in [2.75, 3.05) is 12.8 Å². The van der Waals surface area contributed by atoms with Crippen LogP contribution in [0.3, 0.4) is 0 Å². The van der Waals surface area contributed by atoms with E-state index in [2.05, 4.69) is 14.9 Å². The lowest BCUT2D eigenvalue weighted by Crippen LogP contribution is -2.04. The van der Waals surface area contributed by atoms with Gasteiger partial charge in [-0.25, -0.2) is 9.18 Å². The molecule has 1 heterocycles. The smallest absolute Gasteiger partial charge is 0.340 e. The minimum atomic E-state index is -0.692. The summed E-state index contributed by atoms with van der Waals surface area (Å²) in [5, 5.41) is 8.26. The van der Waals surface area contributed by atoms with Crippen molar-refractivity contribution < 1.29 is 13.9 Å². The summed E-state index contributed by atoms with van der Waals surface area (Å²) < 4.78 is 19.9. The minimum Gasteiger partial charge on any atom is -0.465 e. The number of halogens is 1. The first-order valence-corrected chi connectivity index (χ1v) is 6.66. The highest BCUT2D eigenvalue weighted by molar-refractivity contribution is 7.98. The van der Waals surface area contributed by atoms with Crippen LogP contribution in [0.25, 0.3) is 0 Å². The van der Waals surface area contributed by atoms with Crippen LogP contribution in [-0.2, 0) is 17.5 Å². The molecule has 20 heavy (non-hydrogen) atoms. The quantitative estimate of drug-likeness (QED) is 0.682. The molecule has 0 bridgehead atoms. The lowest BCUT2D eigenvalue weighted by molar-refractivity contribution is 0.0595. The molecule has 0 saturated carbocycles. The van der Waals surface area contributed by atoms with Gasteiger partial charge in [0.15, 0.2) is 5.16 Å². The van der Waals surface area contributed by atoms with E-state index in [0.717, 1.165) is 5.56 Å². The van der Waals surface area contributed by atoms with Gasteiger partial charge in [-0.3, -0.25) is 4.57 Å². The number of aromatic nitrogens is 3. The first kappa shape index (κ1) is 14.3. The van der Waals surface area contributed by atoms with E-state index in [1.54, 1.807) is 17.7 Å². The molecule has 1 aromatic heterocycles. The van der Waals surface area contributed by atoms with Crippen molar-refractivity contribution in [3.63, 3.8) is 0 Å². The molecule has 0 radical (unpaired) electrons. The standard InChI is InChI=1S/C12H13FN4O2S/c1-17-11(14)15-16-12(17)20-6-7-3-4-8(9(13)5-7)10(18)19-2/h3-5H,6H2,1-2H3,(H2,14,15). The van der Waals surface area contributed by atoms with Crippen LogP contribution in [0.1, 0.15) is 15.9 Å². The summed E-state index contributed by atoms with van der Waals surface area (Å²) in [5.74, 6) is -0.486. The number of hydrogen-bond acceptors (Lipinski definition) is 6. The van der Waals surface area contributed by atoms with E-state index in [0.29, 0.717) is 16.9 Å². The number of nitrogen functional groups attached to an aromatic ring is 1. The summed E-state index contributed by atoms with van der Waals surface area (Å²) in [7, 11) is 2.96. The molecule has 8 heteroatoms. The lowest BCUT2D eigenvalue weighted by Gasteiger charge is -2.05. The number of ether oxygens (including phenoxy) is 1. The Bertz CT molecular complexity index is 644. The number of hydrogen-bond donors (Lipinski definition) is 1. The molecule has 1 aromatic carbocycles. The maximum atomic E-state index is 13.7. The van der Waals surface area contributed by atoms with E-state index in [1.165, 1.54) is 31.0 Å². The van der Waals surface area contributed by atoms with Gasteiger partial charge in [0.2, 0.25) is 5.95 Å². The van der Waals surface area contributed by atoms with Gasteiger partial charge in [-0.2, -0.15) is 0 Å². The summed E-state index contributed by atoms with van der Waals surface area (Å²) in [4.78, 5) is 11.3. The van der Waals surface area contributed by atoms with Crippen molar-refractivity contribution in [3.8, 4) is 0 Å². The normalized spacial score (nSPS) is 10.6. The summed E-state index contributed by atoms with van der Waals surface area (Å²) in [6.45, 7) is 0. The topological polar surface area (TPSA) is 83.0 Å². The Hall–Kier alpha value is -2.09. The maximum absolute atomic E-state index is 13.7. The second kappa shape index (κ2) is 5.91. The predicted molar refractivity (Wildman–Crippen MR) is 72.7 cm³/mol. The molecule has 6 nitrogen and oxygen atoms in total. The fraction of sp³-hybridized carbons (Fsp3) is 0.250. The molecule has 0 aliphatic heterocycles. The van der Waals surface area contributed by atoms with Crippen molar-refractivity contribution in [1.82, 2.24) is 14.8 Å². The number of rotatable bonds is 4. The summed E-state index contributed by atoms with van der Waals surface area (Å²) in [6, 6.07) is 4.38. The molecule has 0 amide bonds. The van der Waals surface area contributed by atoms with E-state index >= 15 is 0 Å². The average Bonchev–Trinajstić information content (AvgIpc) is 2.76. The molecular formula is C12H13FN4O2S. The number of esters is 1. The van der Waals surface area contributed by atoms with Crippen LogP contribution in [0.5, 0.6) is 0 Å². The highest BCUT2D eigenvalue weighted by atomic mass is 32.2. The van der Waals surface area contributed by atoms with Crippen LogP contribution in [0.2, 0.25) is 0 Å². The van der Waals surface area contributed by atoms with Crippen molar-refractivity contribution in [1.29, 1.82) is 0 Å². The number of nitrogens with zero attached hydrogens (tertiary/aromatic N) is 3. The Morgan fingerprint density at radius 1 is 1.50 bits per heavy atom. The van der Waals surface area contributed by atoms with Crippen molar-refractivity contribution in [2.24, 2.45) is 7.05 Å². The van der Waals surface area contributed by atoms with E-state index < -0.39 is 11.8 Å². The number of nitrogens with two attached hydrogens (primary N) is 1. The minimum absolute atomic E-state index is 0.0795. The molecule has 0 spiro atoms. The van der Waals surface area contributed by atoms with Crippen LogP contribution in [0, 0.1) is 5.82 Å². The Morgan fingerprint density at radius 3 is 2.80 bits per heavy atom. The monoisotopic (exact) mass is 296 g/mol. The first-order valence-electron chi connectivity index (χ1n) is 5.67. The summed E-state index contributed by atoms with van der Waals surface area (Å²) >= 11 is 1.38. The third-order valence-corrected chi connectivity index (χ3v) is 3.77. The number of methoxy groups -OCH3 is 1. The lowest BCUT2D eigenvalue weighted by atomic mass is 10.1. The van der Waals surface area contributed by atoms with Gasteiger partial charge in [0.05, 0.1) is 12.7 Å². The molecule has 0 aliphatic rings. The van der Waals surface area contributed by atoms with Gasteiger partial charge in [0.1, 0.15) is 5.82 Å². The van der Waals surface area contributed by atoms with Crippen LogP contribution in [-0.4, -0.2) is 27.8 Å². The Labute approximate surface area is 119 Å². The maximum Gasteiger partial charge on any atom is 0.340 e. The van der Waals surface area contributed by atoms with Crippen molar-refractivity contribution in [3.05, 3.63) is 35.1 Å². The first-order chi connectivity index (χ1) is 9.52. The second-order valence-electron chi connectivity index (χ2n) is 3.99. The zero-order chi connectivity index (χ0) is 14.7. The Balaban J connectivity index is 2.09. The van der Waals surface area contributed by atoms with Gasteiger partial charge in [-0.1, -0.05) is 17.8 Å². The largest absolute Gasteiger partial charge is 0.465 e. The van der Waals surface area contributed by atoms with Crippen LogP contribution in [0.4, 0.5) is 10.3 Å². The van der Waals surface area contributed by atoms with Gasteiger partial charge in [0, 0.05) is 12.8 Å². The molecule has 0 saturated heterocycles. The van der Waals surface area contributed by atoms with E-state index in [-0.39, 0.29) is 5.56 Å². The van der Waals surface area contributed by atoms with Crippen LogP contribution >= 0.6 is 11.8 Å². The Morgan fingerprint density at radius 2 is 2.25 bits per heavy atom. The molecular weight excluding hydrogens is 283 g/mol. The molecule has 2 rings (SSSR count). The third-order valence-electron chi connectivity index (χ3n) is 2.68. The van der Waals surface area contributed by atoms with Crippen molar-refractivity contribution in [2.45, 2.75) is 10.9 Å². The van der Waals surface area contributed by atoms with Crippen molar-refractivity contribution >= 4 is 23.7 Å². The van der Waals surface area contributed by atoms with Gasteiger partial charge < -0.3 is 10.5 Å². The van der Waals surface area contributed by atoms with Gasteiger partial charge in [-0.05, 0) is 17.7 Å². The number of carbonyl (C=O) groups is 1. The molecule has 2 aromatic rings. The van der Waals surface area contributed by atoms with Crippen LogP contribution < -0.4 is 5.73 Å². The van der Waals surface area contributed by atoms with E-state index in [9.17, 15) is 9.18 Å².